The Morgan fingerprint density at radius 2 is 1.76 bits per heavy atom. The van der Waals surface area contributed by atoms with Gasteiger partial charge in [0.1, 0.15) is 0 Å². The van der Waals surface area contributed by atoms with Crippen LogP contribution in [0.15, 0.2) is 30.3 Å². The molecule has 5 rings (SSSR count). The first-order chi connectivity index (χ1) is 19.3. The molecule has 0 radical (unpaired) electrons. The number of pyridine rings is 1. The van der Waals surface area contributed by atoms with Crippen molar-refractivity contribution in [3.05, 3.63) is 69.8 Å². The molecule has 2 aliphatic heterocycles. The van der Waals surface area contributed by atoms with E-state index in [1.54, 1.807) is 26.8 Å². The van der Waals surface area contributed by atoms with Gasteiger partial charge in [-0.1, -0.05) is 18.2 Å². The van der Waals surface area contributed by atoms with Crippen LogP contribution < -0.4 is 10.1 Å². The minimum Gasteiger partial charge on any atom is -0.490 e. The molecule has 7 heteroatoms. The van der Waals surface area contributed by atoms with Crippen molar-refractivity contribution in [2.75, 3.05) is 13.2 Å². The highest BCUT2D eigenvalue weighted by atomic mass is 19.1. The van der Waals surface area contributed by atoms with Crippen LogP contribution in [0.25, 0.3) is 22.3 Å². The van der Waals surface area contributed by atoms with E-state index in [-0.39, 0.29) is 24.3 Å². The number of esters is 1. The van der Waals surface area contributed by atoms with Crippen LogP contribution in [-0.4, -0.2) is 40.9 Å². The number of fused-ring (bicyclic) bond motifs is 2. The molecule has 3 heterocycles. The van der Waals surface area contributed by atoms with Gasteiger partial charge in [-0.15, -0.1) is 0 Å². The number of aryl methyl sites for hydroxylation is 3. The largest absolute Gasteiger partial charge is 0.490 e. The number of carbonyl (C=O) groups excluding carboxylic acids is 1. The number of benzene rings is 2. The fraction of sp³-hybridized carbons (Fsp3) is 0.471. The highest BCUT2D eigenvalue weighted by Crippen LogP contribution is 2.42. The molecule has 0 bridgehead atoms. The van der Waals surface area contributed by atoms with E-state index in [4.69, 9.17) is 19.6 Å². The zero-order valence-corrected chi connectivity index (χ0v) is 25.4. The summed E-state index contributed by atoms with van der Waals surface area (Å²) >= 11 is 0. The first-order valence-corrected chi connectivity index (χ1v) is 14.5. The first kappa shape index (κ1) is 30.7. The van der Waals surface area contributed by atoms with Gasteiger partial charge < -0.3 is 19.9 Å². The lowest BCUT2D eigenvalue weighted by atomic mass is 9.85. The number of hydrogen-bond acceptors (Lipinski definition) is 6. The van der Waals surface area contributed by atoms with E-state index >= 15 is 4.39 Å². The molecule has 2 N–H and O–H groups in total. The van der Waals surface area contributed by atoms with Crippen molar-refractivity contribution >= 4 is 5.97 Å². The number of rotatable bonds is 5. The first-order valence-electron chi connectivity index (χ1n) is 14.5. The maximum absolute atomic E-state index is 15.3. The van der Waals surface area contributed by atoms with Crippen LogP contribution in [0, 0.1) is 19.7 Å². The Morgan fingerprint density at radius 3 is 2.46 bits per heavy atom. The van der Waals surface area contributed by atoms with Gasteiger partial charge in [0.25, 0.3) is 0 Å². The van der Waals surface area contributed by atoms with Crippen molar-refractivity contribution in [2.24, 2.45) is 0 Å². The van der Waals surface area contributed by atoms with Gasteiger partial charge in [-0.3, -0.25) is 9.78 Å². The molecular weight excluding hydrogens is 519 g/mol. The second kappa shape index (κ2) is 12.7. The Labute approximate surface area is 243 Å². The fourth-order valence-electron chi connectivity index (χ4n) is 5.44. The van der Waals surface area contributed by atoms with Gasteiger partial charge in [-0.25, -0.2) is 4.39 Å². The van der Waals surface area contributed by atoms with Gasteiger partial charge in [-0.05, 0) is 125 Å². The zero-order valence-electron chi connectivity index (χ0n) is 25.4. The summed E-state index contributed by atoms with van der Waals surface area (Å²) < 4.78 is 26.4. The summed E-state index contributed by atoms with van der Waals surface area (Å²) in [7, 11) is 0. The summed E-state index contributed by atoms with van der Waals surface area (Å²) in [6, 6.07) is 10.1. The van der Waals surface area contributed by atoms with Crippen LogP contribution in [0.1, 0.15) is 74.7 Å². The van der Waals surface area contributed by atoms with Crippen LogP contribution in [0.4, 0.5) is 4.39 Å². The van der Waals surface area contributed by atoms with Crippen LogP contribution >= 0.6 is 0 Å². The summed E-state index contributed by atoms with van der Waals surface area (Å²) in [6.45, 7) is 15.1. The zero-order chi connectivity index (χ0) is 29.9. The SMILES string of the molecule is CC(C)(C)O.Cc1nc(C)c(-c2ccc3c(c2)CCNC3)c(-c2cc(F)c3c(c2)CCCO3)c1CC(=O)OC(C)C. The topological polar surface area (TPSA) is 80.7 Å². The van der Waals surface area contributed by atoms with E-state index in [9.17, 15) is 4.79 Å². The smallest absolute Gasteiger partial charge is 0.310 e. The number of halogens is 1. The predicted molar refractivity (Wildman–Crippen MR) is 161 cm³/mol. The fourth-order valence-corrected chi connectivity index (χ4v) is 5.44. The summed E-state index contributed by atoms with van der Waals surface area (Å²) in [5.41, 5.74) is 8.90. The minimum absolute atomic E-state index is 0.0731. The molecule has 2 aromatic carbocycles. The Bertz CT molecular complexity index is 1420. The number of nitrogens with one attached hydrogen (secondary N) is 1. The molecule has 41 heavy (non-hydrogen) atoms. The lowest BCUT2D eigenvalue weighted by molar-refractivity contribution is -0.146. The van der Waals surface area contributed by atoms with Crippen molar-refractivity contribution in [1.82, 2.24) is 10.3 Å². The van der Waals surface area contributed by atoms with Crippen molar-refractivity contribution in [2.45, 2.75) is 92.4 Å². The number of aliphatic hydroxyl groups is 1. The summed E-state index contributed by atoms with van der Waals surface area (Å²) in [5.74, 6) is -0.340. The molecule has 6 nitrogen and oxygen atoms in total. The molecule has 220 valence electrons. The summed E-state index contributed by atoms with van der Waals surface area (Å²) in [5, 5.41) is 11.9. The maximum atomic E-state index is 15.3. The number of ether oxygens (including phenoxy) is 2. The molecule has 0 saturated carbocycles. The molecule has 0 spiro atoms. The monoisotopic (exact) mass is 562 g/mol. The third kappa shape index (κ3) is 7.72. The lowest BCUT2D eigenvalue weighted by Gasteiger charge is -2.24. The van der Waals surface area contributed by atoms with Gasteiger partial charge in [0.05, 0.1) is 24.7 Å². The van der Waals surface area contributed by atoms with Crippen LogP contribution in [-0.2, 0) is 35.3 Å². The number of carbonyl (C=O) groups is 1. The van der Waals surface area contributed by atoms with Crippen molar-refractivity contribution < 1.29 is 23.8 Å². The second-order valence-electron chi connectivity index (χ2n) is 12.2. The second-order valence-corrected chi connectivity index (χ2v) is 12.2. The Balaban J connectivity index is 0.000000714. The lowest BCUT2D eigenvalue weighted by Crippen LogP contribution is -2.23. The Morgan fingerprint density at radius 1 is 1.05 bits per heavy atom. The minimum atomic E-state index is -0.500. The Kier molecular flexibility index (Phi) is 9.50. The summed E-state index contributed by atoms with van der Waals surface area (Å²) in [4.78, 5) is 17.7. The predicted octanol–water partition coefficient (Wildman–Crippen LogP) is 6.41. The van der Waals surface area contributed by atoms with Gasteiger partial charge in [0, 0.05) is 23.5 Å². The average molecular weight is 563 g/mol. The number of hydrogen-bond donors (Lipinski definition) is 2. The van der Waals surface area contributed by atoms with E-state index in [0.717, 1.165) is 77.1 Å². The molecule has 0 atom stereocenters. The van der Waals surface area contributed by atoms with Crippen LogP contribution in [0.5, 0.6) is 5.75 Å². The quantitative estimate of drug-likeness (QED) is 0.350. The number of aromatic nitrogens is 1. The molecule has 1 aromatic heterocycles. The highest BCUT2D eigenvalue weighted by Gasteiger charge is 2.25. The van der Waals surface area contributed by atoms with E-state index < -0.39 is 5.60 Å². The van der Waals surface area contributed by atoms with Crippen molar-refractivity contribution in [3.63, 3.8) is 0 Å². The van der Waals surface area contributed by atoms with Gasteiger partial charge >= 0.3 is 5.97 Å². The van der Waals surface area contributed by atoms with E-state index in [1.807, 2.05) is 33.8 Å². The Hall–Kier alpha value is -3.29. The third-order valence-electron chi connectivity index (χ3n) is 7.00. The molecule has 3 aromatic rings. The van der Waals surface area contributed by atoms with Gasteiger partial charge in [0.15, 0.2) is 11.6 Å². The van der Waals surface area contributed by atoms with Gasteiger partial charge in [-0.2, -0.15) is 0 Å². The molecule has 0 fully saturated rings. The normalized spacial score (nSPS) is 14.4. The standard InChI is InChI=1S/C30H33FN2O3.C4H10O/c1-17(2)36-27(34)15-25-18(3)33-19(4)28(21-7-8-23-16-32-10-9-20(23)12-21)29(25)24-13-22-6-5-11-35-30(22)26(31)14-24;1-4(2,3)5/h7-8,12-14,17,32H,5-6,9-11,15-16H2,1-4H3;5H,1-3H3. The van der Waals surface area contributed by atoms with Crippen LogP contribution in [0.3, 0.4) is 0 Å². The maximum Gasteiger partial charge on any atom is 0.310 e. The van der Waals surface area contributed by atoms with Crippen LogP contribution in [0.2, 0.25) is 0 Å². The molecule has 2 aliphatic rings. The third-order valence-corrected chi connectivity index (χ3v) is 7.00. The highest BCUT2D eigenvalue weighted by molar-refractivity contribution is 5.90. The van der Waals surface area contributed by atoms with Crippen molar-refractivity contribution in [1.29, 1.82) is 0 Å². The molecule has 0 aliphatic carbocycles. The van der Waals surface area contributed by atoms with Crippen molar-refractivity contribution in [3.8, 4) is 28.0 Å². The summed E-state index contributed by atoms with van der Waals surface area (Å²) in [6.07, 6.45) is 2.42. The number of nitrogens with zero attached hydrogens (tertiary/aromatic N) is 1. The van der Waals surface area contributed by atoms with E-state index in [1.165, 1.54) is 11.1 Å². The molecular formula is C34H43FN2O4. The molecule has 0 amide bonds. The molecule has 0 saturated heterocycles. The van der Waals surface area contributed by atoms with Gasteiger partial charge in [0.2, 0.25) is 0 Å². The average Bonchev–Trinajstić information content (AvgIpc) is 2.88. The van der Waals surface area contributed by atoms with E-state index in [0.29, 0.717) is 12.4 Å². The molecule has 0 unspecified atom stereocenters. The van der Waals surface area contributed by atoms with E-state index in [2.05, 4.69) is 23.5 Å².